The monoisotopic (exact) mass is 329 g/mol. The molecule has 0 aromatic heterocycles. The van der Waals surface area contributed by atoms with Gasteiger partial charge in [-0.25, -0.2) is 4.39 Å². The van der Waals surface area contributed by atoms with E-state index in [4.69, 9.17) is 9.47 Å². The highest BCUT2D eigenvalue weighted by Crippen LogP contribution is 2.16. The van der Waals surface area contributed by atoms with Crippen molar-refractivity contribution in [3.63, 3.8) is 0 Å². The molecule has 0 bridgehead atoms. The third-order valence-electron chi connectivity index (χ3n) is 3.35. The van der Waals surface area contributed by atoms with Crippen LogP contribution in [0.5, 0.6) is 11.5 Å². The van der Waals surface area contributed by atoms with Gasteiger partial charge in [0.05, 0.1) is 13.7 Å². The SMILES string of the molecule is COc1ccc(OCCNC(=O)/C(C)=C/c2ccccc2F)cc1. The minimum atomic E-state index is -0.354. The fraction of sp³-hybridized carbons (Fsp3) is 0.211. The molecule has 4 nitrogen and oxygen atoms in total. The lowest BCUT2D eigenvalue weighted by Crippen LogP contribution is -2.28. The molecule has 0 radical (unpaired) electrons. The van der Waals surface area contributed by atoms with Crippen molar-refractivity contribution in [1.82, 2.24) is 5.32 Å². The van der Waals surface area contributed by atoms with E-state index in [0.29, 0.717) is 30.0 Å². The summed E-state index contributed by atoms with van der Waals surface area (Å²) < 4.78 is 24.1. The summed E-state index contributed by atoms with van der Waals surface area (Å²) in [5, 5.41) is 2.74. The van der Waals surface area contributed by atoms with E-state index in [2.05, 4.69) is 5.32 Å². The van der Waals surface area contributed by atoms with E-state index in [0.717, 1.165) is 5.75 Å². The molecule has 2 aromatic rings. The van der Waals surface area contributed by atoms with Gasteiger partial charge in [0, 0.05) is 11.1 Å². The van der Waals surface area contributed by atoms with Crippen molar-refractivity contribution in [2.75, 3.05) is 20.3 Å². The van der Waals surface area contributed by atoms with Crippen LogP contribution in [0, 0.1) is 5.82 Å². The Hall–Kier alpha value is -2.82. The lowest BCUT2D eigenvalue weighted by molar-refractivity contribution is -0.117. The summed E-state index contributed by atoms with van der Waals surface area (Å²) in [6.45, 7) is 2.34. The number of rotatable bonds is 7. The molecule has 0 spiro atoms. The summed E-state index contributed by atoms with van der Waals surface area (Å²) >= 11 is 0. The van der Waals surface area contributed by atoms with Gasteiger partial charge in [-0.3, -0.25) is 4.79 Å². The van der Waals surface area contributed by atoms with Crippen LogP contribution >= 0.6 is 0 Å². The molecule has 1 N–H and O–H groups in total. The molecular formula is C19H20FNO3. The first-order valence-corrected chi connectivity index (χ1v) is 7.58. The molecule has 0 heterocycles. The largest absolute Gasteiger partial charge is 0.497 e. The highest BCUT2D eigenvalue weighted by Gasteiger charge is 2.05. The maximum absolute atomic E-state index is 13.6. The first-order valence-electron chi connectivity index (χ1n) is 7.58. The van der Waals surface area contributed by atoms with Gasteiger partial charge in [0.15, 0.2) is 0 Å². The third-order valence-corrected chi connectivity index (χ3v) is 3.35. The number of methoxy groups -OCH3 is 1. The fourth-order valence-electron chi connectivity index (χ4n) is 2.04. The average Bonchev–Trinajstić information content (AvgIpc) is 2.61. The molecule has 5 heteroatoms. The van der Waals surface area contributed by atoms with Crippen molar-refractivity contribution < 1.29 is 18.7 Å². The Balaban J connectivity index is 1.79. The maximum atomic E-state index is 13.6. The van der Waals surface area contributed by atoms with E-state index >= 15 is 0 Å². The number of hydrogen-bond donors (Lipinski definition) is 1. The van der Waals surface area contributed by atoms with Crippen molar-refractivity contribution >= 4 is 12.0 Å². The van der Waals surface area contributed by atoms with Gasteiger partial charge in [0.25, 0.3) is 0 Å². The zero-order valence-corrected chi connectivity index (χ0v) is 13.7. The molecule has 2 aromatic carbocycles. The lowest BCUT2D eigenvalue weighted by Gasteiger charge is -2.09. The summed E-state index contributed by atoms with van der Waals surface area (Å²) in [4.78, 5) is 12.0. The van der Waals surface area contributed by atoms with Crippen LogP contribution in [0.4, 0.5) is 4.39 Å². The topological polar surface area (TPSA) is 47.6 Å². The van der Waals surface area contributed by atoms with Crippen LogP contribution in [0.15, 0.2) is 54.1 Å². The first kappa shape index (κ1) is 17.5. The number of halogens is 1. The van der Waals surface area contributed by atoms with Crippen LogP contribution in [-0.2, 0) is 4.79 Å². The molecule has 0 saturated heterocycles. The molecule has 0 atom stereocenters. The number of ether oxygens (including phenoxy) is 2. The first-order chi connectivity index (χ1) is 11.6. The predicted octanol–water partition coefficient (Wildman–Crippen LogP) is 3.43. The molecule has 0 fully saturated rings. The zero-order chi connectivity index (χ0) is 17.4. The molecule has 0 aliphatic rings. The van der Waals surface area contributed by atoms with Gasteiger partial charge in [-0.2, -0.15) is 0 Å². The van der Waals surface area contributed by atoms with E-state index in [1.807, 2.05) is 0 Å². The molecule has 0 unspecified atom stereocenters. The molecule has 1 amide bonds. The fourth-order valence-corrected chi connectivity index (χ4v) is 2.04. The molecule has 0 aliphatic heterocycles. The lowest BCUT2D eigenvalue weighted by atomic mass is 10.1. The second-order valence-corrected chi connectivity index (χ2v) is 5.13. The Morgan fingerprint density at radius 3 is 2.46 bits per heavy atom. The van der Waals surface area contributed by atoms with E-state index in [1.54, 1.807) is 56.5 Å². The van der Waals surface area contributed by atoms with Gasteiger partial charge in [0.2, 0.25) is 5.91 Å². The number of carbonyl (C=O) groups excluding carboxylic acids is 1. The van der Waals surface area contributed by atoms with Crippen LogP contribution in [0.25, 0.3) is 6.08 Å². The minimum Gasteiger partial charge on any atom is -0.497 e. The smallest absolute Gasteiger partial charge is 0.247 e. The summed E-state index contributed by atoms with van der Waals surface area (Å²) in [6.07, 6.45) is 1.52. The van der Waals surface area contributed by atoms with Gasteiger partial charge in [0.1, 0.15) is 23.9 Å². The van der Waals surface area contributed by atoms with Gasteiger partial charge < -0.3 is 14.8 Å². The quantitative estimate of drug-likeness (QED) is 0.625. The Labute approximate surface area is 140 Å². The van der Waals surface area contributed by atoms with Crippen LogP contribution in [0.2, 0.25) is 0 Å². The minimum absolute atomic E-state index is 0.253. The van der Waals surface area contributed by atoms with Crippen molar-refractivity contribution in [3.05, 3.63) is 65.5 Å². The van der Waals surface area contributed by atoms with E-state index in [9.17, 15) is 9.18 Å². The van der Waals surface area contributed by atoms with Crippen LogP contribution in [0.3, 0.4) is 0 Å². The average molecular weight is 329 g/mol. The van der Waals surface area contributed by atoms with Crippen molar-refractivity contribution in [2.24, 2.45) is 0 Å². The van der Waals surface area contributed by atoms with Gasteiger partial charge in [-0.05, 0) is 43.3 Å². The standard InChI is InChI=1S/C19H20FNO3/c1-14(13-15-5-3-4-6-18(15)20)19(22)21-11-12-24-17-9-7-16(23-2)8-10-17/h3-10,13H,11-12H2,1-2H3,(H,21,22)/b14-13+. The Bertz CT molecular complexity index is 711. The summed E-state index contributed by atoms with van der Waals surface area (Å²) in [5.41, 5.74) is 0.823. The predicted molar refractivity (Wildman–Crippen MR) is 91.5 cm³/mol. The van der Waals surface area contributed by atoms with Crippen LogP contribution in [-0.4, -0.2) is 26.2 Å². The molecule has 0 aliphatic carbocycles. The number of carbonyl (C=O) groups is 1. The number of nitrogens with one attached hydrogen (secondary N) is 1. The molecular weight excluding hydrogens is 309 g/mol. The normalized spacial score (nSPS) is 11.0. The number of benzene rings is 2. The van der Waals surface area contributed by atoms with Crippen LogP contribution < -0.4 is 14.8 Å². The molecule has 126 valence electrons. The Kier molecular flexibility index (Phi) is 6.37. The van der Waals surface area contributed by atoms with Crippen molar-refractivity contribution in [1.29, 1.82) is 0 Å². The highest BCUT2D eigenvalue weighted by molar-refractivity contribution is 5.97. The van der Waals surface area contributed by atoms with Gasteiger partial charge >= 0.3 is 0 Å². The Morgan fingerprint density at radius 1 is 1.12 bits per heavy atom. The van der Waals surface area contributed by atoms with Gasteiger partial charge in [-0.15, -0.1) is 0 Å². The third kappa shape index (κ3) is 5.12. The molecule has 24 heavy (non-hydrogen) atoms. The number of hydrogen-bond acceptors (Lipinski definition) is 3. The van der Waals surface area contributed by atoms with E-state index in [1.165, 1.54) is 12.1 Å². The summed E-state index contributed by atoms with van der Waals surface area (Å²) in [6, 6.07) is 13.5. The summed E-state index contributed by atoms with van der Waals surface area (Å²) in [7, 11) is 1.60. The van der Waals surface area contributed by atoms with Gasteiger partial charge in [-0.1, -0.05) is 18.2 Å². The molecule has 0 saturated carbocycles. The second-order valence-electron chi connectivity index (χ2n) is 5.13. The second kappa shape index (κ2) is 8.72. The highest BCUT2D eigenvalue weighted by atomic mass is 19.1. The van der Waals surface area contributed by atoms with Crippen LogP contribution in [0.1, 0.15) is 12.5 Å². The number of amides is 1. The van der Waals surface area contributed by atoms with Crippen molar-refractivity contribution in [2.45, 2.75) is 6.92 Å². The van der Waals surface area contributed by atoms with E-state index < -0.39 is 0 Å². The maximum Gasteiger partial charge on any atom is 0.247 e. The summed E-state index contributed by atoms with van der Waals surface area (Å²) in [5.74, 6) is 0.845. The zero-order valence-electron chi connectivity index (χ0n) is 13.7. The Morgan fingerprint density at radius 2 is 1.79 bits per heavy atom. The van der Waals surface area contributed by atoms with E-state index in [-0.39, 0.29) is 11.7 Å². The van der Waals surface area contributed by atoms with Crippen molar-refractivity contribution in [3.8, 4) is 11.5 Å². The molecule has 2 rings (SSSR count).